The zero-order chi connectivity index (χ0) is 17.3. The van der Waals surface area contributed by atoms with Gasteiger partial charge in [0.25, 0.3) is 0 Å². The highest BCUT2D eigenvalue weighted by molar-refractivity contribution is 5.78. The van der Waals surface area contributed by atoms with E-state index in [0.717, 1.165) is 11.1 Å². The molecule has 2 amide bonds. The molecule has 0 saturated carbocycles. The average Bonchev–Trinajstić information content (AvgIpc) is 2.46. The molecule has 0 spiro atoms. The van der Waals surface area contributed by atoms with E-state index in [1.807, 2.05) is 45.0 Å². The van der Waals surface area contributed by atoms with Gasteiger partial charge >= 0.3 is 6.09 Å². The smallest absolute Gasteiger partial charge is 0.407 e. The summed E-state index contributed by atoms with van der Waals surface area (Å²) in [7, 11) is 1.62. The number of ether oxygens (including phenoxy) is 1. The Labute approximate surface area is 137 Å². The van der Waals surface area contributed by atoms with E-state index in [1.165, 1.54) is 0 Å². The number of hydrogen-bond donors (Lipinski definition) is 2. The average molecular weight is 316 g/mol. The number of carbonyl (C=O) groups excluding carboxylic acids is 2. The van der Waals surface area contributed by atoms with Gasteiger partial charge in [0, 0.05) is 25.6 Å². The Morgan fingerprint density at radius 1 is 1.17 bits per heavy atom. The molecule has 5 nitrogen and oxygen atoms in total. The molecule has 0 fully saturated rings. The summed E-state index contributed by atoms with van der Waals surface area (Å²) in [6.45, 7) is 5.90. The quantitative estimate of drug-likeness (QED) is 0.661. The van der Waals surface area contributed by atoms with Crippen molar-refractivity contribution in [2.45, 2.75) is 39.2 Å². The SMILES string of the molecule is CNC(=O)Cc1ccc(C#CCCNC(=O)OC(C)(C)C)cc1. The number of likely N-dealkylation sites (N-methyl/N-ethyl adjacent to an activating group) is 1. The molecule has 0 heterocycles. The Morgan fingerprint density at radius 3 is 2.39 bits per heavy atom. The first-order valence-corrected chi connectivity index (χ1v) is 7.55. The van der Waals surface area contributed by atoms with Crippen molar-refractivity contribution in [2.75, 3.05) is 13.6 Å². The van der Waals surface area contributed by atoms with Crippen molar-refractivity contribution in [3.63, 3.8) is 0 Å². The van der Waals surface area contributed by atoms with Crippen LogP contribution in [0.3, 0.4) is 0 Å². The fourth-order valence-corrected chi connectivity index (χ4v) is 1.69. The highest BCUT2D eigenvalue weighted by Crippen LogP contribution is 2.06. The lowest BCUT2D eigenvalue weighted by Gasteiger charge is -2.19. The van der Waals surface area contributed by atoms with E-state index < -0.39 is 11.7 Å². The van der Waals surface area contributed by atoms with Crippen molar-refractivity contribution >= 4 is 12.0 Å². The molecular weight excluding hydrogens is 292 g/mol. The van der Waals surface area contributed by atoms with Crippen LogP contribution in [0, 0.1) is 11.8 Å². The zero-order valence-electron chi connectivity index (χ0n) is 14.2. The Hall–Kier alpha value is -2.48. The Morgan fingerprint density at radius 2 is 1.83 bits per heavy atom. The summed E-state index contributed by atoms with van der Waals surface area (Å²) < 4.78 is 5.13. The fraction of sp³-hybridized carbons (Fsp3) is 0.444. The van der Waals surface area contributed by atoms with Crippen LogP contribution in [0.4, 0.5) is 4.79 Å². The van der Waals surface area contributed by atoms with Crippen LogP contribution in [-0.4, -0.2) is 31.2 Å². The van der Waals surface area contributed by atoms with Gasteiger partial charge in [0.1, 0.15) is 5.60 Å². The molecule has 0 aromatic heterocycles. The maximum Gasteiger partial charge on any atom is 0.407 e. The third-order valence-corrected chi connectivity index (χ3v) is 2.75. The lowest BCUT2D eigenvalue weighted by atomic mass is 10.1. The molecule has 0 unspecified atom stereocenters. The van der Waals surface area contributed by atoms with Crippen LogP contribution in [-0.2, 0) is 16.0 Å². The van der Waals surface area contributed by atoms with Crippen LogP contribution in [0.15, 0.2) is 24.3 Å². The molecule has 0 aliphatic heterocycles. The second-order valence-electron chi connectivity index (χ2n) is 6.03. The number of nitrogens with one attached hydrogen (secondary N) is 2. The molecule has 0 aliphatic rings. The molecular formula is C18H24N2O3. The van der Waals surface area contributed by atoms with Gasteiger partial charge in [-0.05, 0) is 38.5 Å². The topological polar surface area (TPSA) is 67.4 Å². The van der Waals surface area contributed by atoms with E-state index in [-0.39, 0.29) is 5.91 Å². The molecule has 23 heavy (non-hydrogen) atoms. The van der Waals surface area contributed by atoms with Crippen molar-refractivity contribution in [1.29, 1.82) is 0 Å². The van der Waals surface area contributed by atoms with Crippen molar-refractivity contribution in [2.24, 2.45) is 0 Å². The maximum absolute atomic E-state index is 11.4. The molecule has 0 radical (unpaired) electrons. The van der Waals surface area contributed by atoms with Crippen LogP contribution in [0.2, 0.25) is 0 Å². The summed E-state index contributed by atoms with van der Waals surface area (Å²) in [4.78, 5) is 22.7. The van der Waals surface area contributed by atoms with Crippen LogP contribution >= 0.6 is 0 Å². The van der Waals surface area contributed by atoms with E-state index >= 15 is 0 Å². The second-order valence-corrected chi connectivity index (χ2v) is 6.03. The third kappa shape index (κ3) is 8.52. The van der Waals surface area contributed by atoms with Gasteiger partial charge < -0.3 is 15.4 Å². The van der Waals surface area contributed by atoms with Gasteiger partial charge in [-0.15, -0.1) is 0 Å². The van der Waals surface area contributed by atoms with Gasteiger partial charge in [0.15, 0.2) is 0 Å². The van der Waals surface area contributed by atoms with Crippen LogP contribution < -0.4 is 10.6 Å². The van der Waals surface area contributed by atoms with E-state index in [2.05, 4.69) is 22.5 Å². The largest absolute Gasteiger partial charge is 0.444 e. The van der Waals surface area contributed by atoms with Crippen molar-refractivity contribution in [3.8, 4) is 11.8 Å². The Kier molecular flexibility index (Phi) is 7.14. The Bertz CT molecular complexity index is 589. The number of rotatable bonds is 4. The molecule has 124 valence electrons. The summed E-state index contributed by atoms with van der Waals surface area (Å²) >= 11 is 0. The molecule has 5 heteroatoms. The van der Waals surface area contributed by atoms with Gasteiger partial charge in [0.05, 0.1) is 6.42 Å². The van der Waals surface area contributed by atoms with Gasteiger partial charge in [-0.2, -0.15) is 0 Å². The number of carbonyl (C=O) groups is 2. The molecule has 2 N–H and O–H groups in total. The number of benzene rings is 1. The van der Waals surface area contributed by atoms with Gasteiger partial charge in [-0.1, -0.05) is 24.0 Å². The highest BCUT2D eigenvalue weighted by Gasteiger charge is 2.15. The molecule has 1 rings (SSSR count). The van der Waals surface area contributed by atoms with Crippen molar-refractivity contribution in [3.05, 3.63) is 35.4 Å². The first kappa shape index (κ1) is 18.6. The Balaban J connectivity index is 2.36. The summed E-state index contributed by atoms with van der Waals surface area (Å²) in [6, 6.07) is 7.54. The monoisotopic (exact) mass is 316 g/mol. The minimum absolute atomic E-state index is 0.0166. The van der Waals surface area contributed by atoms with Gasteiger partial charge in [0.2, 0.25) is 5.91 Å². The summed E-state index contributed by atoms with van der Waals surface area (Å²) in [5.41, 5.74) is 1.33. The lowest BCUT2D eigenvalue weighted by Crippen LogP contribution is -2.32. The highest BCUT2D eigenvalue weighted by atomic mass is 16.6. The predicted octanol–water partition coefficient (Wildman–Crippen LogP) is 2.24. The number of hydrogen-bond acceptors (Lipinski definition) is 3. The molecule has 0 bridgehead atoms. The van der Waals surface area contributed by atoms with Crippen LogP contribution in [0.25, 0.3) is 0 Å². The summed E-state index contributed by atoms with van der Waals surface area (Å²) in [6.07, 6.45) is 0.473. The van der Waals surface area contributed by atoms with E-state index in [0.29, 0.717) is 19.4 Å². The molecule has 1 aromatic rings. The van der Waals surface area contributed by atoms with E-state index in [9.17, 15) is 9.59 Å². The first-order valence-electron chi connectivity index (χ1n) is 7.55. The van der Waals surface area contributed by atoms with Gasteiger partial charge in [-0.3, -0.25) is 4.79 Å². The normalized spacial score (nSPS) is 10.3. The molecule has 0 aliphatic carbocycles. The summed E-state index contributed by atoms with van der Waals surface area (Å²) in [5.74, 6) is 5.99. The summed E-state index contributed by atoms with van der Waals surface area (Å²) in [5, 5.41) is 5.24. The first-order chi connectivity index (χ1) is 10.8. The molecule has 1 aromatic carbocycles. The van der Waals surface area contributed by atoms with E-state index in [4.69, 9.17) is 4.74 Å². The van der Waals surface area contributed by atoms with Gasteiger partial charge in [-0.25, -0.2) is 4.79 Å². The van der Waals surface area contributed by atoms with Crippen molar-refractivity contribution < 1.29 is 14.3 Å². The maximum atomic E-state index is 11.4. The molecule has 0 atom stereocenters. The van der Waals surface area contributed by atoms with Crippen LogP contribution in [0.1, 0.15) is 38.3 Å². The number of amides is 2. The van der Waals surface area contributed by atoms with Crippen molar-refractivity contribution in [1.82, 2.24) is 10.6 Å². The third-order valence-electron chi connectivity index (χ3n) is 2.75. The van der Waals surface area contributed by atoms with Crippen LogP contribution in [0.5, 0.6) is 0 Å². The van der Waals surface area contributed by atoms with E-state index in [1.54, 1.807) is 7.05 Å². The molecule has 0 saturated heterocycles. The minimum atomic E-state index is -0.494. The predicted molar refractivity (Wildman–Crippen MR) is 89.9 cm³/mol. The standard InChI is InChI=1S/C18H24N2O3/c1-18(2,3)23-17(22)20-12-6-5-7-14-8-10-15(11-9-14)13-16(21)19-4/h8-11H,6,12-13H2,1-4H3,(H,19,21)(H,20,22). The zero-order valence-corrected chi connectivity index (χ0v) is 14.2. The second kappa shape index (κ2) is 8.84. The lowest BCUT2D eigenvalue weighted by molar-refractivity contribution is -0.119. The fourth-order valence-electron chi connectivity index (χ4n) is 1.69. The minimum Gasteiger partial charge on any atom is -0.444 e. The number of alkyl carbamates (subject to hydrolysis) is 1.